The zero-order valence-electron chi connectivity index (χ0n) is 12.8. The summed E-state index contributed by atoms with van der Waals surface area (Å²) in [6.07, 6.45) is 0.0949. The van der Waals surface area contributed by atoms with Gasteiger partial charge in [0.25, 0.3) is 0 Å². The molecule has 0 amide bonds. The molecule has 0 aliphatic carbocycles. The molecule has 0 unspecified atom stereocenters. The van der Waals surface area contributed by atoms with Crippen LogP contribution in [0.25, 0.3) is 0 Å². The van der Waals surface area contributed by atoms with E-state index in [2.05, 4.69) is 14.8 Å². The van der Waals surface area contributed by atoms with E-state index in [1.807, 2.05) is 0 Å². The second-order valence-corrected chi connectivity index (χ2v) is 7.57. The van der Waals surface area contributed by atoms with Crippen LogP contribution in [0.1, 0.15) is 17.9 Å². The van der Waals surface area contributed by atoms with Crippen molar-refractivity contribution < 1.29 is 21.6 Å². The summed E-state index contributed by atoms with van der Waals surface area (Å²) < 4.78 is 67.7. The molecule has 0 spiro atoms. The molecule has 24 heavy (non-hydrogen) atoms. The van der Waals surface area contributed by atoms with Crippen LogP contribution in [0.2, 0.25) is 0 Å². The lowest BCUT2D eigenvalue weighted by Crippen LogP contribution is -2.33. The van der Waals surface area contributed by atoms with Crippen LogP contribution in [0.4, 0.5) is 13.2 Å². The minimum Gasteiger partial charge on any atom is -0.334 e. The molecule has 0 bridgehead atoms. The van der Waals surface area contributed by atoms with Crippen LogP contribution < -0.4 is 4.72 Å². The summed E-state index contributed by atoms with van der Waals surface area (Å²) in [6, 6.07) is 0. The predicted octanol–water partition coefficient (Wildman–Crippen LogP) is 1.18. The highest BCUT2D eigenvalue weighted by Gasteiger charge is 2.35. The first-order valence-corrected chi connectivity index (χ1v) is 8.75. The van der Waals surface area contributed by atoms with Crippen molar-refractivity contribution >= 4 is 10.0 Å². The molecule has 2 aromatic heterocycles. The first-order valence-electron chi connectivity index (χ1n) is 7.27. The number of aryl methyl sites for hydroxylation is 2. The molecule has 0 fully saturated rings. The van der Waals surface area contributed by atoms with Crippen LogP contribution in [0.15, 0.2) is 23.5 Å². The van der Waals surface area contributed by atoms with E-state index in [1.165, 1.54) is 21.6 Å². The van der Waals surface area contributed by atoms with Crippen molar-refractivity contribution in [2.24, 2.45) is 13.0 Å². The standard InChI is InChI=1S/C13H16F3N5O2S/c1-20-7-10(5-17-20)24(22,23)18-4-9-2-3-12-19-11(13(14,15)16)8-21(12)6-9/h5,7-9,18H,2-4,6H2,1H3/t9-/m1/s1. The SMILES string of the molecule is Cn1cc(S(=O)(=O)NC[C@H]2CCc3nc(C(F)(F)F)cn3C2)cn1. The van der Waals surface area contributed by atoms with Crippen LogP contribution in [-0.2, 0) is 36.2 Å². The van der Waals surface area contributed by atoms with Gasteiger partial charge in [0, 0.05) is 39.0 Å². The molecule has 0 radical (unpaired) electrons. The summed E-state index contributed by atoms with van der Waals surface area (Å²) in [6.45, 7) is 0.449. The molecule has 7 nitrogen and oxygen atoms in total. The first-order chi connectivity index (χ1) is 11.1. The summed E-state index contributed by atoms with van der Waals surface area (Å²) in [4.78, 5) is 3.66. The van der Waals surface area contributed by atoms with Gasteiger partial charge in [-0.15, -0.1) is 0 Å². The maximum absolute atomic E-state index is 12.7. The van der Waals surface area contributed by atoms with E-state index in [0.717, 1.165) is 6.20 Å². The Kier molecular flexibility index (Phi) is 4.16. The zero-order chi connectivity index (χ0) is 17.5. The number of rotatable bonds is 4. The topological polar surface area (TPSA) is 81.8 Å². The lowest BCUT2D eigenvalue weighted by atomic mass is 10.00. The van der Waals surface area contributed by atoms with Crippen molar-refractivity contribution in [2.75, 3.05) is 6.54 Å². The number of aromatic nitrogens is 4. The predicted molar refractivity (Wildman–Crippen MR) is 77.4 cm³/mol. The van der Waals surface area contributed by atoms with Gasteiger partial charge in [0.1, 0.15) is 10.7 Å². The van der Waals surface area contributed by atoms with Gasteiger partial charge in [0.15, 0.2) is 5.69 Å². The summed E-state index contributed by atoms with van der Waals surface area (Å²) >= 11 is 0. The average Bonchev–Trinajstić information content (AvgIpc) is 3.10. The second-order valence-electron chi connectivity index (χ2n) is 5.80. The molecule has 1 atom stereocenters. The molecule has 0 saturated carbocycles. The fourth-order valence-corrected chi connectivity index (χ4v) is 3.77. The van der Waals surface area contributed by atoms with E-state index < -0.39 is 21.9 Å². The van der Waals surface area contributed by atoms with Crippen LogP contribution in [-0.4, -0.2) is 34.3 Å². The molecule has 1 aliphatic rings. The van der Waals surface area contributed by atoms with E-state index in [-0.39, 0.29) is 17.4 Å². The Labute approximate surface area is 136 Å². The van der Waals surface area contributed by atoms with Crippen LogP contribution in [0.5, 0.6) is 0 Å². The third kappa shape index (κ3) is 3.46. The molecule has 11 heteroatoms. The van der Waals surface area contributed by atoms with Gasteiger partial charge in [0.2, 0.25) is 10.0 Å². The number of hydrogen-bond donors (Lipinski definition) is 1. The fraction of sp³-hybridized carbons (Fsp3) is 0.538. The Balaban J connectivity index is 1.65. The monoisotopic (exact) mass is 363 g/mol. The lowest BCUT2D eigenvalue weighted by molar-refractivity contribution is -0.141. The molecule has 3 heterocycles. The Bertz CT molecular complexity index is 840. The second kappa shape index (κ2) is 5.88. The summed E-state index contributed by atoms with van der Waals surface area (Å²) in [5.74, 6) is 0.285. The molecule has 3 rings (SSSR count). The maximum Gasteiger partial charge on any atom is 0.434 e. The third-order valence-corrected chi connectivity index (χ3v) is 5.31. The number of nitrogens with one attached hydrogen (secondary N) is 1. The number of hydrogen-bond acceptors (Lipinski definition) is 4. The number of alkyl halides is 3. The van der Waals surface area contributed by atoms with E-state index >= 15 is 0 Å². The Morgan fingerprint density at radius 1 is 1.38 bits per heavy atom. The van der Waals surface area contributed by atoms with Crippen molar-refractivity contribution in [2.45, 2.75) is 30.5 Å². The maximum atomic E-state index is 12.7. The van der Waals surface area contributed by atoms with Gasteiger partial charge >= 0.3 is 6.18 Å². The van der Waals surface area contributed by atoms with Gasteiger partial charge in [0.05, 0.1) is 6.20 Å². The normalized spacial score (nSPS) is 18.6. The molecular formula is C13H16F3N5O2S. The highest BCUT2D eigenvalue weighted by molar-refractivity contribution is 7.89. The summed E-state index contributed by atoms with van der Waals surface area (Å²) in [5.41, 5.74) is -0.908. The molecular weight excluding hydrogens is 347 g/mol. The zero-order valence-corrected chi connectivity index (χ0v) is 13.6. The first kappa shape index (κ1) is 17.0. The number of fused-ring (bicyclic) bond motifs is 1. The number of nitrogens with zero attached hydrogens (tertiary/aromatic N) is 4. The van der Waals surface area contributed by atoms with Crippen molar-refractivity contribution in [3.63, 3.8) is 0 Å². The van der Waals surface area contributed by atoms with Gasteiger partial charge in [-0.25, -0.2) is 18.1 Å². The van der Waals surface area contributed by atoms with E-state index in [9.17, 15) is 21.6 Å². The van der Waals surface area contributed by atoms with Gasteiger partial charge in [-0.05, 0) is 12.3 Å². The molecule has 2 aromatic rings. The van der Waals surface area contributed by atoms with Gasteiger partial charge in [-0.3, -0.25) is 4.68 Å². The number of halogens is 3. The molecule has 1 N–H and O–H groups in total. The molecule has 0 aromatic carbocycles. The van der Waals surface area contributed by atoms with Crippen LogP contribution in [0.3, 0.4) is 0 Å². The summed E-state index contributed by atoms with van der Waals surface area (Å²) in [7, 11) is -2.06. The number of imidazole rings is 1. The van der Waals surface area contributed by atoms with E-state index in [0.29, 0.717) is 25.2 Å². The van der Waals surface area contributed by atoms with Crippen molar-refractivity contribution in [3.05, 3.63) is 30.1 Å². The smallest absolute Gasteiger partial charge is 0.334 e. The quantitative estimate of drug-likeness (QED) is 0.884. The van der Waals surface area contributed by atoms with E-state index in [1.54, 1.807) is 7.05 Å². The van der Waals surface area contributed by atoms with Crippen molar-refractivity contribution in [3.8, 4) is 0 Å². The van der Waals surface area contributed by atoms with Crippen LogP contribution >= 0.6 is 0 Å². The molecule has 0 saturated heterocycles. The van der Waals surface area contributed by atoms with Crippen molar-refractivity contribution in [1.82, 2.24) is 24.1 Å². The van der Waals surface area contributed by atoms with Crippen LogP contribution in [0, 0.1) is 5.92 Å². The van der Waals surface area contributed by atoms with Gasteiger partial charge < -0.3 is 4.57 Å². The van der Waals surface area contributed by atoms with Crippen molar-refractivity contribution in [1.29, 1.82) is 0 Å². The minimum absolute atomic E-state index is 0.0588. The third-order valence-electron chi connectivity index (χ3n) is 3.93. The lowest BCUT2D eigenvalue weighted by Gasteiger charge is -2.23. The Morgan fingerprint density at radius 3 is 2.75 bits per heavy atom. The highest BCUT2D eigenvalue weighted by Crippen LogP contribution is 2.30. The fourth-order valence-electron chi connectivity index (χ4n) is 2.67. The minimum atomic E-state index is -4.47. The molecule has 1 aliphatic heterocycles. The largest absolute Gasteiger partial charge is 0.434 e. The number of sulfonamides is 1. The van der Waals surface area contributed by atoms with E-state index in [4.69, 9.17) is 0 Å². The molecule has 132 valence electrons. The Hall–Kier alpha value is -1.88. The average molecular weight is 363 g/mol. The highest BCUT2D eigenvalue weighted by atomic mass is 32.2. The Morgan fingerprint density at radius 2 is 2.12 bits per heavy atom. The summed E-state index contributed by atoms with van der Waals surface area (Å²) in [5, 5.41) is 3.81. The van der Waals surface area contributed by atoms with Gasteiger partial charge in [-0.2, -0.15) is 18.3 Å². The van der Waals surface area contributed by atoms with Gasteiger partial charge in [-0.1, -0.05) is 0 Å².